The van der Waals surface area contributed by atoms with Gasteiger partial charge in [-0.3, -0.25) is 14.4 Å². The second-order valence-electron chi connectivity index (χ2n) is 8.91. The molecule has 33 heavy (non-hydrogen) atoms. The smallest absolute Gasteiger partial charge is 0.238 e. The van der Waals surface area contributed by atoms with Crippen molar-refractivity contribution in [3.63, 3.8) is 0 Å². The van der Waals surface area contributed by atoms with E-state index < -0.39 is 23.4 Å². The Morgan fingerprint density at radius 2 is 1.61 bits per heavy atom. The molecule has 0 aliphatic carbocycles. The number of nitrogens with one attached hydrogen (secondary N) is 1. The zero-order chi connectivity index (χ0) is 22.7. The van der Waals surface area contributed by atoms with Crippen LogP contribution in [0, 0.1) is 5.92 Å². The van der Waals surface area contributed by atoms with Crippen LogP contribution < -0.4 is 10.2 Å². The molecule has 1 spiro atoms. The van der Waals surface area contributed by atoms with Crippen LogP contribution in [0.1, 0.15) is 28.4 Å². The minimum Gasteiger partial charge on any atom is -0.352 e. The number of ketones is 2. The van der Waals surface area contributed by atoms with Crippen LogP contribution in [0.15, 0.2) is 84.9 Å². The molecule has 1 fully saturated rings. The van der Waals surface area contributed by atoms with Crippen molar-refractivity contribution in [1.29, 1.82) is 0 Å². The third kappa shape index (κ3) is 2.50. The van der Waals surface area contributed by atoms with Crippen molar-refractivity contribution in [2.24, 2.45) is 5.92 Å². The molecule has 0 saturated carbocycles. The molecule has 5 heteroatoms. The van der Waals surface area contributed by atoms with Gasteiger partial charge in [-0.2, -0.15) is 0 Å². The maximum atomic E-state index is 14.1. The van der Waals surface area contributed by atoms with Gasteiger partial charge in [0.25, 0.3) is 0 Å². The van der Waals surface area contributed by atoms with Gasteiger partial charge in [-0.05, 0) is 30.2 Å². The summed E-state index contributed by atoms with van der Waals surface area (Å²) >= 11 is 0. The van der Waals surface area contributed by atoms with E-state index in [4.69, 9.17) is 0 Å². The predicted molar refractivity (Wildman–Crippen MR) is 127 cm³/mol. The van der Waals surface area contributed by atoms with Gasteiger partial charge in [-0.1, -0.05) is 78.9 Å². The van der Waals surface area contributed by atoms with Gasteiger partial charge >= 0.3 is 0 Å². The Bertz CT molecular complexity index is 1350. The van der Waals surface area contributed by atoms with Gasteiger partial charge in [0.15, 0.2) is 11.6 Å². The summed E-state index contributed by atoms with van der Waals surface area (Å²) in [5.74, 6) is -1.33. The largest absolute Gasteiger partial charge is 0.352 e. The van der Waals surface area contributed by atoms with Crippen LogP contribution in [-0.2, 0) is 15.0 Å². The molecule has 1 saturated heterocycles. The Labute approximate surface area is 191 Å². The predicted octanol–water partition coefficient (Wildman–Crippen LogP) is 4.25. The molecule has 3 aromatic carbocycles. The molecule has 1 amide bonds. The number of carbonyl (C=O) groups is 3. The highest BCUT2D eigenvalue weighted by Gasteiger charge is 2.70. The summed E-state index contributed by atoms with van der Waals surface area (Å²) in [5.41, 5.74) is 2.42. The SMILES string of the molecule is CC(=O)[C@@H]1N2c3ccccc3C=CC2[C@H](C(=O)c2ccccc2)[C@]12C(=O)Nc1ccccc12. The third-order valence-electron chi connectivity index (χ3n) is 7.27. The van der Waals surface area contributed by atoms with Crippen molar-refractivity contribution < 1.29 is 14.4 Å². The highest BCUT2D eigenvalue weighted by Crippen LogP contribution is 2.57. The van der Waals surface area contributed by atoms with E-state index in [1.54, 1.807) is 12.1 Å². The van der Waals surface area contributed by atoms with Crippen molar-refractivity contribution >= 4 is 34.9 Å². The first-order valence-electron chi connectivity index (χ1n) is 11.1. The molecule has 1 N–H and O–H groups in total. The number of para-hydroxylation sites is 2. The number of anilines is 2. The van der Waals surface area contributed by atoms with Gasteiger partial charge in [0, 0.05) is 16.9 Å². The van der Waals surface area contributed by atoms with Crippen molar-refractivity contribution in [1.82, 2.24) is 0 Å². The van der Waals surface area contributed by atoms with E-state index in [-0.39, 0.29) is 17.5 Å². The molecule has 162 valence electrons. The Morgan fingerprint density at radius 1 is 0.909 bits per heavy atom. The van der Waals surface area contributed by atoms with Crippen LogP contribution in [0.2, 0.25) is 0 Å². The highest BCUT2D eigenvalue weighted by atomic mass is 16.2. The van der Waals surface area contributed by atoms with Crippen LogP contribution in [0.25, 0.3) is 6.08 Å². The lowest BCUT2D eigenvalue weighted by molar-refractivity contribution is -0.127. The maximum absolute atomic E-state index is 14.1. The number of amides is 1. The van der Waals surface area contributed by atoms with E-state index in [9.17, 15) is 14.4 Å². The summed E-state index contributed by atoms with van der Waals surface area (Å²) in [7, 11) is 0. The van der Waals surface area contributed by atoms with E-state index in [2.05, 4.69) is 5.32 Å². The standard InChI is InChI=1S/C28H22N2O3/c1-17(31)26-28(20-12-6-7-13-21(20)29-27(28)33)24(25(32)19-10-3-2-4-11-19)23-16-15-18-9-5-8-14-22(18)30(23)26/h2-16,23-24,26H,1H3,(H,29,33)/t23?,24-,26+,28+/m1/s1. The second kappa shape index (κ2) is 7.01. The minimum absolute atomic E-state index is 0.134. The molecule has 3 aromatic rings. The lowest BCUT2D eigenvalue weighted by atomic mass is 9.64. The van der Waals surface area contributed by atoms with Gasteiger partial charge < -0.3 is 10.2 Å². The zero-order valence-corrected chi connectivity index (χ0v) is 18.1. The Balaban J connectivity index is 1.67. The average Bonchev–Trinajstić information content (AvgIpc) is 3.32. The lowest BCUT2D eigenvalue weighted by Crippen LogP contribution is -2.54. The quantitative estimate of drug-likeness (QED) is 0.626. The number of rotatable bonds is 3. The van der Waals surface area contributed by atoms with Crippen molar-refractivity contribution in [2.75, 3.05) is 10.2 Å². The second-order valence-corrected chi connectivity index (χ2v) is 8.91. The summed E-state index contributed by atoms with van der Waals surface area (Å²) in [6.07, 6.45) is 3.98. The van der Waals surface area contributed by atoms with Crippen LogP contribution in [0.3, 0.4) is 0 Å². The highest BCUT2D eigenvalue weighted by molar-refractivity contribution is 6.17. The molecule has 1 unspecified atom stereocenters. The van der Waals surface area contributed by atoms with Crippen molar-refractivity contribution in [3.8, 4) is 0 Å². The normalized spacial score (nSPS) is 26.5. The number of nitrogens with zero attached hydrogens (tertiary/aromatic N) is 1. The molecule has 6 rings (SSSR count). The first-order valence-corrected chi connectivity index (χ1v) is 11.1. The molecule has 0 aromatic heterocycles. The van der Waals surface area contributed by atoms with E-state index in [1.807, 2.05) is 83.8 Å². The fourth-order valence-corrected chi connectivity index (χ4v) is 6.10. The molecule has 0 bridgehead atoms. The fraction of sp³-hybridized carbons (Fsp3) is 0.179. The summed E-state index contributed by atoms with van der Waals surface area (Å²) in [5, 5.41) is 2.99. The first kappa shape index (κ1) is 19.7. The monoisotopic (exact) mass is 434 g/mol. The minimum atomic E-state index is -1.33. The van der Waals surface area contributed by atoms with Crippen LogP contribution in [-0.4, -0.2) is 29.6 Å². The average molecular weight is 434 g/mol. The Hall–Kier alpha value is -3.99. The van der Waals surface area contributed by atoms with Gasteiger partial charge in [-0.15, -0.1) is 0 Å². The molecule has 5 nitrogen and oxygen atoms in total. The third-order valence-corrected chi connectivity index (χ3v) is 7.27. The van der Waals surface area contributed by atoms with E-state index in [0.717, 1.165) is 11.3 Å². The van der Waals surface area contributed by atoms with Gasteiger partial charge in [0.05, 0.1) is 12.0 Å². The Kier molecular flexibility index (Phi) is 4.18. The molecular formula is C28H22N2O3. The molecule has 0 radical (unpaired) electrons. The molecule has 4 atom stereocenters. The zero-order valence-electron chi connectivity index (χ0n) is 18.1. The topological polar surface area (TPSA) is 66.5 Å². The molecule has 3 aliphatic rings. The van der Waals surface area contributed by atoms with E-state index >= 15 is 0 Å². The summed E-state index contributed by atoms with van der Waals surface area (Å²) in [6, 6.07) is 23.1. The maximum Gasteiger partial charge on any atom is 0.238 e. The molecule has 3 heterocycles. The summed E-state index contributed by atoms with van der Waals surface area (Å²) in [4.78, 5) is 43.4. The number of benzene rings is 3. The van der Waals surface area contributed by atoms with Gasteiger partial charge in [0.2, 0.25) is 5.91 Å². The van der Waals surface area contributed by atoms with Crippen molar-refractivity contribution in [3.05, 3.63) is 102 Å². The number of Topliss-reactive ketones (excluding diaryl/α,β-unsaturated/α-hetero) is 2. The number of fused-ring (bicyclic) bond motifs is 5. The van der Waals surface area contributed by atoms with E-state index in [0.29, 0.717) is 16.8 Å². The van der Waals surface area contributed by atoms with Crippen LogP contribution >= 0.6 is 0 Å². The first-order chi connectivity index (χ1) is 16.0. The lowest BCUT2D eigenvalue weighted by Gasteiger charge is -2.36. The Morgan fingerprint density at radius 3 is 2.39 bits per heavy atom. The van der Waals surface area contributed by atoms with Crippen LogP contribution in [0.5, 0.6) is 0 Å². The fourth-order valence-electron chi connectivity index (χ4n) is 6.10. The summed E-state index contributed by atoms with van der Waals surface area (Å²) in [6.45, 7) is 1.52. The number of carbonyl (C=O) groups excluding carboxylic acids is 3. The number of hydrogen-bond acceptors (Lipinski definition) is 4. The molecular weight excluding hydrogens is 412 g/mol. The number of hydrogen-bond donors (Lipinski definition) is 1. The van der Waals surface area contributed by atoms with Gasteiger partial charge in [-0.25, -0.2) is 0 Å². The van der Waals surface area contributed by atoms with Crippen molar-refractivity contribution in [2.45, 2.75) is 24.4 Å². The molecule has 3 aliphatic heterocycles. The summed E-state index contributed by atoms with van der Waals surface area (Å²) < 4.78 is 0. The van der Waals surface area contributed by atoms with Crippen LogP contribution in [0.4, 0.5) is 11.4 Å². The van der Waals surface area contributed by atoms with E-state index in [1.165, 1.54) is 6.92 Å². The van der Waals surface area contributed by atoms with Gasteiger partial charge in [0.1, 0.15) is 11.5 Å².